The molecule has 6 nitrogen and oxygen atoms in total. The number of amides is 1. The molecule has 0 aliphatic carbocycles. The Morgan fingerprint density at radius 1 is 1.19 bits per heavy atom. The molecule has 5 rings (SSSR count). The van der Waals surface area contributed by atoms with E-state index in [0.29, 0.717) is 17.3 Å². The summed E-state index contributed by atoms with van der Waals surface area (Å²) in [6.45, 7) is 2.79. The largest absolute Gasteiger partial charge is 0.333 e. The molecule has 0 spiro atoms. The molecule has 8 heteroatoms. The van der Waals surface area contributed by atoms with E-state index in [0.717, 1.165) is 58.3 Å². The summed E-state index contributed by atoms with van der Waals surface area (Å²) in [5.41, 5.74) is 5.78. The second-order valence-corrected chi connectivity index (χ2v) is 9.99. The van der Waals surface area contributed by atoms with Gasteiger partial charge >= 0.3 is 6.03 Å². The van der Waals surface area contributed by atoms with Crippen LogP contribution in [-0.2, 0) is 19.5 Å². The van der Waals surface area contributed by atoms with Crippen LogP contribution in [0.2, 0.25) is 5.15 Å². The van der Waals surface area contributed by atoms with Crippen molar-refractivity contribution in [1.82, 2.24) is 19.8 Å². The van der Waals surface area contributed by atoms with E-state index in [-0.39, 0.29) is 6.03 Å². The smallest absolute Gasteiger partial charge is 0.326 e. The molecule has 0 bridgehead atoms. The highest BCUT2D eigenvalue weighted by atomic mass is 79.9. The first kappa shape index (κ1) is 24.3. The molecule has 2 aromatic carbocycles. The molecule has 0 radical (unpaired) electrons. The predicted octanol–water partition coefficient (Wildman–Crippen LogP) is 6.15. The molecule has 0 atom stereocenters. The van der Waals surface area contributed by atoms with Crippen LogP contribution in [0.5, 0.6) is 0 Å². The first-order chi connectivity index (χ1) is 17.5. The third-order valence-corrected chi connectivity index (χ3v) is 7.04. The van der Waals surface area contributed by atoms with Crippen LogP contribution in [-0.4, -0.2) is 33.6 Å². The van der Waals surface area contributed by atoms with Gasteiger partial charge in [0.25, 0.3) is 0 Å². The van der Waals surface area contributed by atoms with Gasteiger partial charge in [-0.3, -0.25) is 9.47 Å². The van der Waals surface area contributed by atoms with E-state index in [1.54, 1.807) is 12.3 Å². The normalized spacial score (nSPS) is 13.6. The molecule has 0 unspecified atom stereocenters. The summed E-state index contributed by atoms with van der Waals surface area (Å²) in [6, 6.07) is 19.2. The molecule has 2 aromatic heterocycles. The maximum atomic E-state index is 13.3. The summed E-state index contributed by atoms with van der Waals surface area (Å²) >= 11 is 9.58. The van der Waals surface area contributed by atoms with Gasteiger partial charge in [-0.1, -0.05) is 51.8 Å². The van der Waals surface area contributed by atoms with E-state index in [4.69, 9.17) is 16.9 Å². The van der Waals surface area contributed by atoms with Gasteiger partial charge in [0.2, 0.25) is 0 Å². The van der Waals surface area contributed by atoms with Crippen LogP contribution in [0.15, 0.2) is 71.3 Å². The number of benzene rings is 2. The van der Waals surface area contributed by atoms with E-state index >= 15 is 0 Å². The van der Waals surface area contributed by atoms with Crippen LogP contribution in [0.4, 0.5) is 4.79 Å². The van der Waals surface area contributed by atoms with Crippen molar-refractivity contribution in [3.63, 3.8) is 0 Å². The van der Waals surface area contributed by atoms with Gasteiger partial charge in [-0.25, -0.2) is 9.78 Å². The van der Waals surface area contributed by atoms with Crippen LogP contribution in [0.3, 0.4) is 0 Å². The zero-order chi connectivity index (χ0) is 25.1. The van der Waals surface area contributed by atoms with Crippen LogP contribution in [0.1, 0.15) is 27.9 Å². The number of fused-ring (bicyclic) bond motifs is 3. The SMILES string of the molecule is N#Cc1ccc(C=CCN2CCc3c(c4cc(Br)ccc4n3C(=O)NCc3ccnc(Cl)c3)C2)cc1. The summed E-state index contributed by atoms with van der Waals surface area (Å²) in [4.78, 5) is 19.7. The summed E-state index contributed by atoms with van der Waals surface area (Å²) < 4.78 is 2.81. The van der Waals surface area contributed by atoms with Gasteiger partial charge in [-0.05, 0) is 59.2 Å². The molecular formula is C28H23BrClN5O. The van der Waals surface area contributed by atoms with Crippen molar-refractivity contribution in [3.05, 3.63) is 104 Å². The van der Waals surface area contributed by atoms with Crippen LogP contribution < -0.4 is 5.32 Å². The topological polar surface area (TPSA) is 74.0 Å². The molecule has 36 heavy (non-hydrogen) atoms. The lowest BCUT2D eigenvalue weighted by atomic mass is 10.0. The molecular weight excluding hydrogens is 538 g/mol. The van der Waals surface area contributed by atoms with E-state index in [1.807, 2.05) is 47.0 Å². The fourth-order valence-corrected chi connectivity index (χ4v) is 5.15. The fourth-order valence-electron chi connectivity index (χ4n) is 4.59. The van der Waals surface area contributed by atoms with Crippen LogP contribution in [0.25, 0.3) is 17.0 Å². The van der Waals surface area contributed by atoms with Gasteiger partial charge < -0.3 is 5.32 Å². The quantitative estimate of drug-likeness (QED) is 0.297. The molecule has 1 N–H and O–H groups in total. The van der Waals surface area contributed by atoms with Gasteiger partial charge in [-0.2, -0.15) is 5.26 Å². The summed E-state index contributed by atoms with van der Waals surface area (Å²) in [7, 11) is 0. The number of hydrogen-bond acceptors (Lipinski definition) is 4. The Labute approximate surface area is 222 Å². The van der Waals surface area contributed by atoms with Crippen molar-refractivity contribution >= 4 is 50.5 Å². The number of carbonyl (C=O) groups is 1. The van der Waals surface area contributed by atoms with Crippen molar-refractivity contribution in [3.8, 4) is 6.07 Å². The Bertz CT molecular complexity index is 1500. The summed E-state index contributed by atoms with van der Waals surface area (Å²) in [6.07, 6.45) is 6.64. The third-order valence-electron chi connectivity index (χ3n) is 6.34. The maximum Gasteiger partial charge on any atom is 0.326 e. The predicted molar refractivity (Wildman–Crippen MR) is 146 cm³/mol. The number of nitrogens with zero attached hydrogens (tertiary/aromatic N) is 4. The Kier molecular flexibility index (Phi) is 7.19. The molecule has 0 saturated heterocycles. The average molecular weight is 561 g/mol. The number of carbonyl (C=O) groups excluding carboxylic acids is 1. The van der Waals surface area contributed by atoms with Gasteiger partial charge in [-0.15, -0.1) is 0 Å². The molecule has 0 saturated carbocycles. The molecule has 0 fully saturated rings. The minimum absolute atomic E-state index is 0.148. The number of nitriles is 1. The fraction of sp³-hybridized carbons (Fsp3) is 0.179. The highest BCUT2D eigenvalue weighted by molar-refractivity contribution is 9.10. The number of aromatic nitrogens is 2. The molecule has 1 amide bonds. The number of hydrogen-bond donors (Lipinski definition) is 1. The van der Waals surface area contributed by atoms with Crippen LogP contribution in [0, 0.1) is 11.3 Å². The van der Waals surface area contributed by atoms with Crippen molar-refractivity contribution < 1.29 is 4.79 Å². The minimum Gasteiger partial charge on any atom is -0.333 e. The lowest BCUT2D eigenvalue weighted by Gasteiger charge is -2.27. The number of rotatable bonds is 5. The third kappa shape index (κ3) is 5.21. The molecule has 1 aliphatic heterocycles. The van der Waals surface area contributed by atoms with Gasteiger partial charge in [0.05, 0.1) is 17.1 Å². The second kappa shape index (κ2) is 10.7. The number of pyridine rings is 1. The monoisotopic (exact) mass is 559 g/mol. The Hall–Kier alpha value is -3.44. The molecule has 180 valence electrons. The number of halogens is 2. The maximum absolute atomic E-state index is 13.3. The van der Waals surface area contributed by atoms with E-state index in [2.05, 4.69) is 55.4 Å². The average Bonchev–Trinajstić information content (AvgIpc) is 3.21. The van der Waals surface area contributed by atoms with Crippen LogP contribution >= 0.6 is 27.5 Å². The standard InChI is InChI=1S/C28H23BrClN5O/c29-22-7-8-25-23(15-22)24-18-34(12-1-2-19-3-5-20(16-31)6-4-19)13-10-26(24)35(25)28(36)33-17-21-9-11-32-27(30)14-21/h1-9,11,14-15H,10,12-13,17-18H2,(H,33,36). The molecule has 4 aromatic rings. The second-order valence-electron chi connectivity index (χ2n) is 8.69. The Balaban J connectivity index is 1.35. The Morgan fingerprint density at radius 2 is 2.03 bits per heavy atom. The zero-order valence-corrected chi connectivity index (χ0v) is 21.8. The molecule has 3 heterocycles. The van der Waals surface area contributed by atoms with Gasteiger partial charge in [0, 0.05) is 54.3 Å². The highest BCUT2D eigenvalue weighted by Gasteiger charge is 2.26. The number of nitrogens with one attached hydrogen (secondary N) is 1. The summed E-state index contributed by atoms with van der Waals surface area (Å²) in [5, 5.41) is 13.5. The first-order valence-corrected chi connectivity index (χ1v) is 12.8. The van der Waals surface area contributed by atoms with Gasteiger partial charge in [0.1, 0.15) is 5.15 Å². The highest BCUT2D eigenvalue weighted by Crippen LogP contribution is 2.33. The molecule has 1 aliphatic rings. The van der Waals surface area contributed by atoms with Crippen molar-refractivity contribution in [2.45, 2.75) is 19.5 Å². The zero-order valence-electron chi connectivity index (χ0n) is 19.4. The lowest BCUT2D eigenvalue weighted by Crippen LogP contribution is -2.34. The lowest BCUT2D eigenvalue weighted by molar-refractivity contribution is 0.240. The van der Waals surface area contributed by atoms with E-state index in [1.165, 1.54) is 5.56 Å². The van der Waals surface area contributed by atoms with Crippen molar-refractivity contribution in [2.75, 3.05) is 13.1 Å². The van der Waals surface area contributed by atoms with Gasteiger partial charge in [0.15, 0.2) is 0 Å². The minimum atomic E-state index is -0.148. The van der Waals surface area contributed by atoms with Crippen molar-refractivity contribution in [1.29, 1.82) is 5.26 Å². The van der Waals surface area contributed by atoms with E-state index < -0.39 is 0 Å². The van der Waals surface area contributed by atoms with E-state index in [9.17, 15) is 4.79 Å². The summed E-state index contributed by atoms with van der Waals surface area (Å²) in [5.74, 6) is 0. The Morgan fingerprint density at radius 3 is 2.81 bits per heavy atom. The first-order valence-electron chi connectivity index (χ1n) is 11.6. The van der Waals surface area contributed by atoms with Crippen molar-refractivity contribution in [2.24, 2.45) is 0 Å².